The molecule has 15 nitrogen and oxygen atoms in total. The molecule has 5 unspecified atom stereocenters. The summed E-state index contributed by atoms with van der Waals surface area (Å²) in [6.07, 6.45) is 46.3. The molecule has 0 aliphatic rings. The molecule has 0 aliphatic heterocycles. The lowest BCUT2D eigenvalue weighted by Gasteiger charge is -2.19. The zero-order valence-electron chi connectivity index (χ0n) is 41.8. The minimum Gasteiger partial charge on any atom is -0.463 e. The molecule has 0 spiro atoms. The van der Waals surface area contributed by atoms with E-state index in [0.29, 0.717) is 12.8 Å². The summed E-state index contributed by atoms with van der Waals surface area (Å²) < 4.78 is 53.1. The van der Waals surface area contributed by atoms with Crippen LogP contribution in [0.5, 0.6) is 0 Å². The molecule has 0 bridgehead atoms. The zero-order valence-corrected chi connectivity index (χ0v) is 43.5. The molecule has 5 atom stereocenters. The van der Waals surface area contributed by atoms with Crippen LogP contribution in [0, 0.1) is 0 Å². The molecule has 0 radical (unpaired) electrons. The lowest BCUT2D eigenvalue weighted by molar-refractivity contribution is -0.148. The lowest BCUT2D eigenvalue weighted by atomic mass is 10.1. The molecule has 0 aliphatic carbocycles. The highest BCUT2D eigenvalue weighted by molar-refractivity contribution is 7.47. The fourth-order valence-corrected chi connectivity index (χ4v) is 8.04. The Hall–Kier alpha value is -2.26. The highest BCUT2D eigenvalue weighted by Gasteiger charge is 2.28. The van der Waals surface area contributed by atoms with Crippen LogP contribution in [-0.4, -0.2) is 95.0 Å². The molecule has 0 heterocycles. The number of hydrogen-bond acceptors (Lipinski definition) is 13. The van der Waals surface area contributed by atoms with E-state index in [4.69, 9.17) is 14.0 Å². The molecule has 5 N–H and O–H groups in total. The molecule has 0 aromatic heterocycles. The molecule has 17 heteroatoms. The van der Waals surface area contributed by atoms with Crippen molar-refractivity contribution in [3.8, 4) is 0 Å². The van der Waals surface area contributed by atoms with Crippen LogP contribution in [0.1, 0.15) is 194 Å². The van der Waals surface area contributed by atoms with Crippen LogP contribution in [0.4, 0.5) is 0 Å². The molecule has 396 valence electrons. The van der Waals surface area contributed by atoms with Gasteiger partial charge in [-0.05, 0) is 77.0 Å². The number of phosphoric ester groups is 2. The number of allylic oxidation sites excluding steroid dienone is 10. The average Bonchev–Trinajstić information content (AvgIpc) is 3.31. The maximum Gasteiger partial charge on any atom is 0.472 e. The van der Waals surface area contributed by atoms with Crippen molar-refractivity contribution in [3.05, 3.63) is 60.8 Å². The second kappa shape index (κ2) is 47.1. The van der Waals surface area contributed by atoms with Crippen molar-refractivity contribution in [1.29, 1.82) is 0 Å². The number of rotatable bonds is 49. The number of esters is 2. The fourth-order valence-electron chi connectivity index (χ4n) is 6.44. The number of unbranched alkanes of at least 4 members (excludes halogenated alkanes) is 20. The van der Waals surface area contributed by atoms with Gasteiger partial charge in [0.15, 0.2) is 0 Å². The van der Waals surface area contributed by atoms with E-state index in [1.54, 1.807) is 0 Å². The molecule has 0 fully saturated rings. The van der Waals surface area contributed by atoms with Crippen molar-refractivity contribution in [2.45, 2.75) is 212 Å². The third-order valence-electron chi connectivity index (χ3n) is 10.5. The standard InChI is InChI=1S/C51H92O15P2/c1-3-5-7-9-11-13-15-17-19-20-21-22-23-24-26-28-30-32-34-36-38-40-51(56)62-42-48(53)44-64-68(59,60)66-46-49(54)45-65-67(57,58)63-43-47(52)41-61-50(55)39-37-35-33-31-29-27-25-18-16-14-12-10-8-6-4-2/h11-14,16-19,21-22,47-49,52-54H,3-10,15,20,23-46H2,1-2H3,(H,57,58)(H,59,60)/b13-11-,14-12+,18-16+,19-17-,22-21-. The predicted octanol–water partition coefficient (Wildman–Crippen LogP) is 12.2. The Kier molecular flexibility index (Phi) is 45.5. The number of carbonyl (C=O) groups is 2. The van der Waals surface area contributed by atoms with E-state index in [1.165, 1.54) is 64.2 Å². The van der Waals surface area contributed by atoms with E-state index >= 15 is 0 Å². The Bertz CT molecular complexity index is 1450. The summed E-state index contributed by atoms with van der Waals surface area (Å²) in [5, 5.41) is 30.1. The van der Waals surface area contributed by atoms with Gasteiger partial charge in [0, 0.05) is 12.8 Å². The van der Waals surface area contributed by atoms with E-state index < -0.39 is 85.5 Å². The minimum atomic E-state index is -4.79. The zero-order chi connectivity index (χ0) is 50.2. The molecule has 0 saturated carbocycles. The van der Waals surface area contributed by atoms with Crippen molar-refractivity contribution in [2.75, 3.05) is 39.6 Å². The van der Waals surface area contributed by atoms with Gasteiger partial charge >= 0.3 is 27.6 Å². The number of ether oxygens (including phenoxy) is 2. The summed E-state index contributed by atoms with van der Waals surface area (Å²) in [7, 11) is -9.58. The molecular weight excluding hydrogens is 914 g/mol. The van der Waals surface area contributed by atoms with Gasteiger partial charge in [0.1, 0.15) is 31.5 Å². The lowest BCUT2D eigenvalue weighted by Crippen LogP contribution is -2.25. The first-order valence-corrected chi connectivity index (χ1v) is 28.6. The largest absolute Gasteiger partial charge is 0.472 e. The summed E-state index contributed by atoms with van der Waals surface area (Å²) in [6.45, 7) is 0.346. The Morgan fingerprint density at radius 1 is 0.397 bits per heavy atom. The van der Waals surface area contributed by atoms with E-state index in [1.807, 2.05) is 0 Å². The normalized spacial score (nSPS) is 15.5. The van der Waals surface area contributed by atoms with Gasteiger partial charge in [-0.2, -0.15) is 0 Å². The van der Waals surface area contributed by atoms with Gasteiger partial charge in [0.05, 0.1) is 26.4 Å². The SMILES string of the molecule is CCCCC/C=C\C/C=C\C/C=C\CCCCCCCCCCC(=O)OCC(O)COP(=O)(O)OCC(O)COP(=O)(O)OCC(O)COC(=O)CCCCCCCC/C=C/C=C/CCCCC. The number of hydrogen-bond donors (Lipinski definition) is 5. The Labute approximate surface area is 410 Å². The van der Waals surface area contributed by atoms with Crippen LogP contribution < -0.4 is 0 Å². The predicted molar refractivity (Wildman–Crippen MR) is 270 cm³/mol. The topological polar surface area (TPSA) is 225 Å². The van der Waals surface area contributed by atoms with Crippen LogP contribution in [0.2, 0.25) is 0 Å². The van der Waals surface area contributed by atoms with Gasteiger partial charge in [0.2, 0.25) is 0 Å². The first kappa shape index (κ1) is 65.7. The van der Waals surface area contributed by atoms with Gasteiger partial charge in [-0.3, -0.25) is 27.7 Å². The Morgan fingerprint density at radius 3 is 1.03 bits per heavy atom. The number of phosphoric acid groups is 2. The molecule has 0 amide bonds. The smallest absolute Gasteiger partial charge is 0.463 e. The molecular formula is C51H92O15P2. The number of aliphatic hydroxyl groups is 3. The van der Waals surface area contributed by atoms with Crippen molar-refractivity contribution in [3.63, 3.8) is 0 Å². The highest BCUT2D eigenvalue weighted by Crippen LogP contribution is 2.45. The summed E-state index contributed by atoms with van der Waals surface area (Å²) in [4.78, 5) is 43.8. The van der Waals surface area contributed by atoms with E-state index in [2.05, 4.69) is 88.2 Å². The minimum absolute atomic E-state index is 0.182. The quantitative estimate of drug-likeness (QED) is 0.0126. The van der Waals surface area contributed by atoms with Gasteiger partial charge in [-0.25, -0.2) is 9.13 Å². The molecule has 0 saturated heterocycles. The summed E-state index contributed by atoms with van der Waals surface area (Å²) in [5.41, 5.74) is 0. The molecule has 0 aromatic carbocycles. The number of carbonyl (C=O) groups excluding carboxylic acids is 2. The van der Waals surface area contributed by atoms with Crippen LogP contribution in [0.3, 0.4) is 0 Å². The van der Waals surface area contributed by atoms with Gasteiger partial charge in [-0.1, -0.05) is 164 Å². The second-order valence-corrected chi connectivity index (χ2v) is 20.1. The first-order valence-electron chi connectivity index (χ1n) is 25.7. The molecule has 0 aromatic rings. The fraction of sp³-hybridized carbons (Fsp3) is 0.765. The Morgan fingerprint density at radius 2 is 0.676 bits per heavy atom. The van der Waals surface area contributed by atoms with E-state index in [-0.39, 0.29) is 12.8 Å². The molecule has 0 rings (SSSR count). The summed E-state index contributed by atoms with van der Waals surface area (Å²) >= 11 is 0. The highest BCUT2D eigenvalue weighted by atomic mass is 31.2. The first-order chi connectivity index (χ1) is 32.8. The third-order valence-corrected chi connectivity index (χ3v) is 12.4. The van der Waals surface area contributed by atoms with Gasteiger partial charge < -0.3 is 34.6 Å². The van der Waals surface area contributed by atoms with Crippen LogP contribution in [0.15, 0.2) is 60.8 Å². The average molecular weight is 1010 g/mol. The summed E-state index contributed by atoms with van der Waals surface area (Å²) in [5.74, 6) is -1.01. The van der Waals surface area contributed by atoms with Gasteiger partial charge in [0.25, 0.3) is 0 Å². The van der Waals surface area contributed by atoms with Crippen LogP contribution in [0.25, 0.3) is 0 Å². The maximum atomic E-state index is 12.2. The van der Waals surface area contributed by atoms with E-state index in [9.17, 15) is 43.8 Å². The van der Waals surface area contributed by atoms with Crippen molar-refractivity contribution >= 4 is 27.6 Å². The second-order valence-electron chi connectivity index (χ2n) is 17.2. The van der Waals surface area contributed by atoms with E-state index in [0.717, 1.165) is 89.9 Å². The maximum absolute atomic E-state index is 12.2. The van der Waals surface area contributed by atoms with Crippen LogP contribution >= 0.6 is 15.6 Å². The van der Waals surface area contributed by atoms with Crippen LogP contribution in [-0.2, 0) is 46.3 Å². The van der Waals surface area contributed by atoms with Crippen molar-refractivity contribution in [2.24, 2.45) is 0 Å². The van der Waals surface area contributed by atoms with Gasteiger partial charge in [-0.15, -0.1) is 0 Å². The van der Waals surface area contributed by atoms with Crippen molar-refractivity contribution in [1.82, 2.24) is 0 Å². The third kappa shape index (κ3) is 48.8. The molecule has 68 heavy (non-hydrogen) atoms. The number of aliphatic hydroxyl groups excluding tert-OH is 3. The van der Waals surface area contributed by atoms with Crippen molar-refractivity contribution < 1.29 is 71.4 Å². The monoisotopic (exact) mass is 1010 g/mol. The Balaban J connectivity index is 3.88. The summed E-state index contributed by atoms with van der Waals surface area (Å²) in [6, 6.07) is 0.